The molecule has 1 N–H and O–H groups in total. The number of anilines is 1. The molecule has 0 unspecified atom stereocenters. The smallest absolute Gasteiger partial charge is 0.291 e. The Hall–Kier alpha value is -3.72. The van der Waals surface area contributed by atoms with Crippen LogP contribution in [0, 0.1) is 10.1 Å². The van der Waals surface area contributed by atoms with Crippen molar-refractivity contribution in [3.63, 3.8) is 0 Å². The molecule has 1 amide bonds. The van der Waals surface area contributed by atoms with Crippen molar-refractivity contribution < 1.29 is 23.6 Å². The number of carbonyl (C=O) groups excluding carboxylic acids is 1. The zero-order valence-electron chi connectivity index (χ0n) is 17.7. The number of non-ortho nitro benzene ring substituents is 1. The number of nitrogens with zero attached hydrogens (tertiary/aromatic N) is 1. The van der Waals surface area contributed by atoms with E-state index in [2.05, 4.69) is 5.32 Å². The average molecular weight is 534 g/mol. The van der Waals surface area contributed by atoms with E-state index in [1.807, 2.05) is 0 Å². The van der Waals surface area contributed by atoms with E-state index in [0.717, 1.165) is 0 Å². The van der Waals surface area contributed by atoms with Gasteiger partial charge in [0.2, 0.25) is 0 Å². The summed E-state index contributed by atoms with van der Waals surface area (Å²) in [5.74, 6) is 0.664. The first kappa shape index (κ1) is 24.4. The number of hydrogen-bond acceptors (Lipinski definition) is 6. The number of hydrogen-bond donors (Lipinski definition) is 1. The number of carbonyl (C=O) groups is 1. The summed E-state index contributed by atoms with van der Waals surface area (Å²) < 4.78 is 16.8. The van der Waals surface area contributed by atoms with Crippen LogP contribution in [-0.4, -0.2) is 10.8 Å². The highest BCUT2D eigenvalue weighted by molar-refractivity contribution is 6.42. The summed E-state index contributed by atoms with van der Waals surface area (Å²) in [6.45, 7) is 0.00321. The van der Waals surface area contributed by atoms with Gasteiger partial charge >= 0.3 is 0 Å². The second-order valence-electron chi connectivity index (χ2n) is 7.09. The Morgan fingerprint density at radius 2 is 1.74 bits per heavy atom. The summed E-state index contributed by atoms with van der Waals surface area (Å²) in [5, 5.41) is 15.1. The lowest BCUT2D eigenvalue weighted by atomic mass is 10.2. The first-order chi connectivity index (χ1) is 16.8. The Morgan fingerprint density at radius 3 is 2.49 bits per heavy atom. The molecule has 0 aliphatic carbocycles. The largest absolute Gasteiger partial charge is 0.484 e. The number of halogens is 3. The SMILES string of the molecule is O=C(Nc1cc(Oc2ccc(Cl)cc2)cc([N+](=O)[O-])c1)c1ccc(COc2cccc(Cl)c2Cl)o1. The van der Waals surface area contributed by atoms with Crippen molar-refractivity contribution in [2.45, 2.75) is 6.61 Å². The van der Waals surface area contributed by atoms with Crippen LogP contribution >= 0.6 is 34.8 Å². The van der Waals surface area contributed by atoms with Crippen molar-refractivity contribution in [3.05, 3.63) is 109 Å². The van der Waals surface area contributed by atoms with Gasteiger partial charge < -0.3 is 19.2 Å². The van der Waals surface area contributed by atoms with Crippen molar-refractivity contribution >= 4 is 52.1 Å². The maximum absolute atomic E-state index is 12.7. The Balaban J connectivity index is 1.46. The lowest BCUT2D eigenvalue weighted by Crippen LogP contribution is -2.11. The third-order valence-electron chi connectivity index (χ3n) is 4.58. The second-order valence-corrected chi connectivity index (χ2v) is 8.31. The average Bonchev–Trinajstić information content (AvgIpc) is 3.31. The normalized spacial score (nSPS) is 10.6. The van der Waals surface area contributed by atoms with Gasteiger partial charge in [-0.3, -0.25) is 14.9 Å². The summed E-state index contributed by atoms with van der Waals surface area (Å²) in [6.07, 6.45) is 0. The standard InChI is InChI=1S/C24H15Cl3N2O6/c25-14-4-6-17(7-5-14)34-19-11-15(10-16(12-19)29(31)32)28-24(30)22-9-8-18(35-22)13-33-21-3-1-2-20(26)23(21)27/h1-12H,13H2,(H,28,30). The van der Waals surface area contributed by atoms with Crippen molar-refractivity contribution in [2.24, 2.45) is 0 Å². The first-order valence-electron chi connectivity index (χ1n) is 9.98. The first-order valence-corrected chi connectivity index (χ1v) is 11.1. The number of benzene rings is 3. The predicted molar refractivity (Wildman–Crippen MR) is 132 cm³/mol. The monoisotopic (exact) mass is 532 g/mol. The highest BCUT2D eigenvalue weighted by atomic mass is 35.5. The molecular weight excluding hydrogens is 519 g/mol. The lowest BCUT2D eigenvalue weighted by molar-refractivity contribution is -0.384. The summed E-state index contributed by atoms with van der Waals surface area (Å²) >= 11 is 17.9. The van der Waals surface area contributed by atoms with E-state index in [9.17, 15) is 14.9 Å². The van der Waals surface area contributed by atoms with Crippen LogP contribution in [0.5, 0.6) is 17.2 Å². The minimum Gasteiger partial charge on any atom is -0.484 e. The molecule has 0 bridgehead atoms. The van der Waals surface area contributed by atoms with E-state index >= 15 is 0 Å². The number of rotatable bonds is 8. The number of nitrogens with one attached hydrogen (secondary N) is 1. The Morgan fingerprint density at radius 1 is 0.971 bits per heavy atom. The molecule has 0 radical (unpaired) electrons. The zero-order valence-corrected chi connectivity index (χ0v) is 19.9. The van der Waals surface area contributed by atoms with Crippen LogP contribution in [-0.2, 0) is 6.61 Å². The van der Waals surface area contributed by atoms with Crippen LogP contribution in [0.25, 0.3) is 0 Å². The fourth-order valence-electron chi connectivity index (χ4n) is 2.97. The van der Waals surface area contributed by atoms with E-state index in [1.165, 1.54) is 24.3 Å². The van der Waals surface area contributed by atoms with E-state index in [-0.39, 0.29) is 34.5 Å². The van der Waals surface area contributed by atoms with Gasteiger partial charge in [-0.05, 0) is 48.5 Å². The van der Waals surface area contributed by atoms with E-state index in [4.69, 9.17) is 48.7 Å². The van der Waals surface area contributed by atoms with Gasteiger partial charge in [0.05, 0.1) is 21.7 Å². The van der Waals surface area contributed by atoms with Crippen LogP contribution in [0.15, 0.2) is 77.2 Å². The second kappa shape index (κ2) is 10.7. The summed E-state index contributed by atoms with van der Waals surface area (Å²) in [5.41, 5.74) is -0.119. The van der Waals surface area contributed by atoms with E-state index < -0.39 is 10.8 Å². The molecular formula is C24H15Cl3N2O6. The maximum atomic E-state index is 12.7. The molecule has 0 saturated carbocycles. The molecule has 0 atom stereocenters. The molecule has 4 rings (SSSR count). The number of ether oxygens (including phenoxy) is 2. The Bertz CT molecular complexity index is 1390. The van der Waals surface area contributed by atoms with Crippen molar-refractivity contribution in [3.8, 4) is 17.2 Å². The van der Waals surface area contributed by atoms with Gasteiger partial charge in [0.1, 0.15) is 34.6 Å². The third kappa shape index (κ3) is 6.24. The quantitative estimate of drug-likeness (QED) is 0.183. The Labute approximate surface area is 214 Å². The summed E-state index contributed by atoms with van der Waals surface area (Å²) in [6, 6.07) is 18.4. The van der Waals surface area contributed by atoms with Crippen molar-refractivity contribution in [1.29, 1.82) is 0 Å². The number of nitro benzene ring substituents is 1. The van der Waals surface area contributed by atoms with Crippen LogP contribution in [0.4, 0.5) is 11.4 Å². The molecule has 3 aromatic carbocycles. The number of amides is 1. The molecule has 0 saturated heterocycles. The van der Waals surface area contributed by atoms with Crippen LogP contribution in [0.2, 0.25) is 15.1 Å². The molecule has 178 valence electrons. The molecule has 1 aromatic heterocycles. The summed E-state index contributed by atoms with van der Waals surface area (Å²) in [4.78, 5) is 23.5. The van der Waals surface area contributed by atoms with Crippen molar-refractivity contribution in [2.75, 3.05) is 5.32 Å². The predicted octanol–water partition coefficient (Wildman–Crippen LogP) is 7.77. The minimum atomic E-state index is -0.616. The van der Waals surface area contributed by atoms with Crippen molar-refractivity contribution in [1.82, 2.24) is 0 Å². The minimum absolute atomic E-state index is 0.00321. The zero-order chi connectivity index (χ0) is 24.9. The Kier molecular flexibility index (Phi) is 7.45. The van der Waals surface area contributed by atoms with Gasteiger partial charge in [-0.1, -0.05) is 40.9 Å². The van der Waals surface area contributed by atoms with E-state index in [1.54, 1.807) is 48.5 Å². The maximum Gasteiger partial charge on any atom is 0.291 e. The molecule has 0 spiro atoms. The topological polar surface area (TPSA) is 104 Å². The van der Waals surface area contributed by atoms with Gasteiger partial charge in [0.25, 0.3) is 11.6 Å². The highest BCUT2D eigenvalue weighted by Crippen LogP contribution is 2.33. The highest BCUT2D eigenvalue weighted by Gasteiger charge is 2.17. The molecule has 0 fully saturated rings. The van der Waals surface area contributed by atoms with Gasteiger partial charge in [-0.25, -0.2) is 0 Å². The van der Waals surface area contributed by atoms with Gasteiger partial charge in [0.15, 0.2) is 5.76 Å². The fourth-order valence-corrected chi connectivity index (χ4v) is 3.45. The van der Waals surface area contributed by atoms with Gasteiger partial charge in [-0.2, -0.15) is 0 Å². The van der Waals surface area contributed by atoms with Gasteiger partial charge in [-0.15, -0.1) is 0 Å². The van der Waals surface area contributed by atoms with E-state index in [0.29, 0.717) is 27.3 Å². The number of furan rings is 1. The fraction of sp³-hybridized carbons (Fsp3) is 0.0417. The number of nitro groups is 1. The molecule has 11 heteroatoms. The lowest BCUT2D eigenvalue weighted by Gasteiger charge is -2.09. The van der Waals surface area contributed by atoms with Gasteiger partial charge in [0, 0.05) is 17.2 Å². The molecule has 8 nitrogen and oxygen atoms in total. The molecule has 0 aliphatic rings. The third-order valence-corrected chi connectivity index (χ3v) is 5.63. The molecule has 35 heavy (non-hydrogen) atoms. The molecule has 0 aliphatic heterocycles. The molecule has 1 heterocycles. The summed E-state index contributed by atoms with van der Waals surface area (Å²) in [7, 11) is 0. The molecule has 4 aromatic rings. The van der Waals surface area contributed by atoms with Crippen LogP contribution in [0.3, 0.4) is 0 Å². The van der Waals surface area contributed by atoms with Crippen LogP contribution in [0.1, 0.15) is 16.3 Å². The van der Waals surface area contributed by atoms with Crippen LogP contribution < -0.4 is 14.8 Å².